The van der Waals surface area contributed by atoms with E-state index in [0.717, 1.165) is 4.47 Å². The monoisotopic (exact) mass is 335 g/mol. The van der Waals surface area contributed by atoms with E-state index in [9.17, 15) is 4.39 Å². The summed E-state index contributed by atoms with van der Waals surface area (Å²) in [6.07, 6.45) is 0. The Hall–Kier alpha value is -2.06. The molecule has 5 heteroatoms. The van der Waals surface area contributed by atoms with Gasteiger partial charge in [0.25, 0.3) is 0 Å². The average molecular weight is 336 g/mol. The molecule has 0 aliphatic carbocycles. The number of para-hydroxylation sites is 1. The van der Waals surface area contributed by atoms with Crippen LogP contribution in [0.3, 0.4) is 0 Å². The van der Waals surface area contributed by atoms with Crippen LogP contribution in [0, 0.1) is 17.1 Å². The summed E-state index contributed by atoms with van der Waals surface area (Å²) < 4.78 is 24.8. The molecule has 0 unspecified atom stereocenters. The highest BCUT2D eigenvalue weighted by Crippen LogP contribution is 2.35. The molecule has 0 aliphatic rings. The molecule has 0 fully saturated rings. The van der Waals surface area contributed by atoms with Crippen molar-refractivity contribution in [3.63, 3.8) is 0 Å². The van der Waals surface area contributed by atoms with Gasteiger partial charge in [-0.05, 0) is 46.3 Å². The van der Waals surface area contributed by atoms with Crippen molar-refractivity contribution in [1.29, 1.82) is 5.26 Å². The van der Waals surface area contributed by atoms with Gasteiger partial charge in [-0.2, -0.15) is 5.26 Å². The van der Waals surface area contributed by atoms with Gasteiger partial charge in [0, 0.05) is 5.56 Å². The molecule has 0 atom stereocenters. The fourth-order valence-corrected chi connectivity index (χ4v) is 2.19. The van der Waals surface area contributed by atoms with E-state index in [1.165, 1.54) is 25.3 Å². The van der Waals surface area contributed by atoms with Crippen molar-refractivity contribution in [2.24, 2.45) is 0 Å². The van der Waals surface area contributed by atoms with E-state index in [1.807, 2.05) is 18.2 Å². The van der Waals surface area contributed by atoms with Crippen LogP contribution < -0.4 is 9.47 Å². The fraction of sp³-hybridized carbons (Fsp3) is 0.133. The van der Waals surface area contributed by atoms with Crippen LogP contribution in [0.4, 0.5) is 4.39 Å². The highest BCUT2D eigenvalue weighted by atomic mass is 79.9. The second kappa shape index (κ2) is 6.40. The first kappa shape index (κ1) is 14.4. The van der Waals surface area contributed by atoms with Gasteiger partial charge in [-0.3, -0.25) is 0 Å². The Morgan fingerprint density at radius 3 is 2.80 bits per heavy atom. The van der Waals surface area contributed by atoms with Crippen LogP contribution in [-0.2, 0) is 6.61 Å². The lowest BCUT2D eigenvalue weighted by molar-refractivity contribution is 0.282. The molecule has 2 rings (SSSR count). The minimum absolute atomic E-state index is 0.0830. The van der Waals surface area contributed by atoms with E-state index in [0.29, 0.717) is 22.6 Å². The van der Waals surface area contributed by atoms with Gasteiger partial charge < -0.3 is 9.47 Å². The Morgan fingerprint density at radius 2 is 2.10 bits per heavy atom. The SMILES string of the molecule is COc1cccc(Br)c1OCc1cc(F)ccc1C#N. The third-order valence-electron chi connectivity index (χ3n) is 2.71. The van der Waals surface area contributed by atoms with Crippen molar-refractivity contribution >= 4 is 15.9 Å². The van der Waals surface area contributed by atoms with Crippen LogP contribution in [0.25, 0.3) is 0 Å². The molecule has 0 saturated carbocycles. The number of benzene rings is 2. The number of methoxy groups -OCH3 is 1. The maximum absolute atomic E-state index is 13.2. The van der Waals surface area contributed by atoms with E-state index in [4.69, 9.17) is 14.7 Å². The predicted molar refractivity (Wildman–Crippen MR) is 76.1 cm³/mol. The van der Waals surface area contributed by atoms with Gasteiger partial charge >= 0.3 is 0 Å². The molecule has 0 amide bonds. The van der Waals surface area contributed by atoms with Crippen molar-refractivity contribution in [2.75, 3.05) is 7.11 Å². The molecular formula is C15H11BrFNO2. The molecule has 2 aromatic rings. The molecule has 0 spiro atoms. The van der Waals surface area contributed by atoms with Gasteiger partial charge in [0.2, 0.25) is 0 Å². The zero-order valence-electron chi connectivity index (χ0n) is 10.7. The van der Waals surface area contributed by atoms with Crippen LogP contribution in [0.2, 0.25) is 0 Å². The Morgan fingerprint density at radius 1 is 1.30 bits per heavy atom. The molecule has 20 heavy (non-hydrogen) atoms. The number of rotatable bonds is 4. The molecule has 0 N–H and O–H groups in total. The third kappa shape index (κ3) is 3.09. The predicted octanol–water partition coefficient (Wildman–Crippen LogP) is 4.05. The molecule has 3 nitrogen and oxygen atoms in total. The van der Waals surface area contributed by atoms with E-state index in [2.05, 4.69) is 15.9 Å². The third-order valence-corrected chi connectivity index (χ3v) is 3.33. The fourth-order valence-electron chi connectivity index (χ4n) is 1.73. The Balaban J connectivity index is 2.26. The van der Waals surface area contributed by atoms with Crippen molar-refractivity contribution < 1.29 is 13.9 Å². The van der Waals surface area contributed by atoms with E-state index >= 15 is 0 Å². The number of halogens is 2. The smallest absolute Gasteiger partial charge is 0.175 e. The average Bonchev–Trinajstić information content (AvgIpc) is 2.46. The largest absolute Gasteiger partial charge is 0.493 e. The summed E-state index contributed by atoms with van der Waals surface area (Å²) in [5.41, 5.74) is 0.878. The van der Waals surface area contributed by atoms with Gasteiger partial charge in [0.1, 0.15) is 12.4 Å². The van der Waals surface area contributed by atoms with Crippen molar-refractivity contribution in [3.8, 4) is 17.6 Å². The maximum atomic E-state index is 13.2. The zero-order chi connectivity index (χ0) is 14.5. The van der Waals surface area contributed by atoms with E-state index < -0.39 is 5.82 Å². The first-order valence-corrected chi connectivity index (χ1v) is 6.59. The summed E-state index contributed by atoms with van der Waals surface area (Å²) >= 11 is 3.37. The molecule has 0 aliphatic heterocycles. The van der Waals surface area contributed by atoms with Crippen LogP contribution in [0.15, 0.2) is 40.9 Å². The van der Waals surface area contributed by atoms with E-state index in [1.54, 1.807) is 6.07 Å². The summed E-state index contributed by atoms with van der Waals surface area (Å²) in [7, 11) is 1.54. The van der Waals surface area contributed by atoms with Gasteiger partial charge in [-0.25, -0.2) is 4.39 Å². The first-order valence-electron chi connectivity index (χ1n) is 5.79. The number of hydrogen-bond donors (Lipinski definition) is 0. The summed E-state index contributed by atoms with van der Waals surface area (Å²) in [6.45, 7) is 0.0830. The van der Waals surface area contributed by atoms with Gasteiger partial charge in [0.15, 0.2) is 11.5 Å². The van der Waals surface area contributed by atoms with Crippen molar-refractivity contribution in [1.82, 2.24) is 0 Å². The lowest BCUT2D eigenvalue weighted by Gasteiger charge is -2.13. The summed E-state index contributed by atoms with van der Waals surface area (Å²) in [5, 5.41) is 9.00. The highest BCUT2D eigenvalue weighted by Gasteiger charge is 2.11. The second-order valence-electron chi connectivity index (χ2n) is 3.97. The Labute approximate surface area is 124 Å². The van der Waals surface area contributed by atoms with E-state index in [-0.39, 0.29) is 6.61 Å². The zero-order valence-corrected chi connectivity index (χ0v) is 12.3. The second-order valence-corrected chi connectivity index (χ2v) is 4.83. The van der Waals surface area contributed by atoms with Crippen LogP contribution in [0.1, 0.15) is 11.1 Å². The van der Waals surface area contributed by atoms with Gasteiger partial charge in [0.05, 0.1) is 23.2 Å². The van der Waals surface area contributed by atoms with Gasteiger partial charge in [-0.1, -0.05) is 6.07 Å². The maximum Gasteiger partial charge on any atom is 0.175 e. The highest BCUT2D eigenvalue weighted by molar-refractivity contribution is 9.10. The minimum Gasteiger partial charge on any atom is -0.493 e. The molecule has 0 bridgehead atoms. The van der Waals surface area contributed by atoms with Crippen LogP contribution in [0.5, 0.6) is 11.5 Å². The van der Waals surface area contributed by atoms with Crippen molar-refractivity contribution in [3.05, 3.63) is 57.8 Å². The number of nitrogens with zero attached hydrogens (tertiary/aromatic N) is 1. The molecule has 2 aromatic carbocycles. The number of nitriles is 1. The quantitative estimate of drug-likeness (QED) is 0.846. The minimum atomic E-state index is -0.401. The summed E-state index contributed by atoms with van der Waals surface area (Å²) in [4.78, 5) is 0. The molecule has 0 saturated heterocycles. The molecular weight excluding hydrogens is 325 g/mol. The van der Waals surface area contributed by atoms with Gasteiger partial charge in [-0.15, -0.1) is 0 Å². The lowest BCUT2D eigenvalue weighted by Crippen LogP contribution is -2.01. The normalized spacial score (nSPS) is 9.90. The number of hydrogen-bond acceptors (Lipinski definition) is 3. The Kier molecular flexibility index (Phi) is 4.59. The summed E-state index contributed by atoms with van der Waals surface area (Å²) in [5.74, 6) is 0.680. The van der Waals surface area contributed by atoms with Crippen molar-refractivity contribution in [2.45, 2.75) is 6.61 Å². The molecule has 0 aromatic heterocycles. The Bertz CT molecular complexity index is 667. The molecule has 0 radical (unpaired) electrons. The molecule has 0 heterocycles. The summed E-state index contributed by atoms with van der Waals surface area (Å²) in [6, 6.07) is 11.4. The van der Waals surface area contributed by atoms with Crippen LogP contribution in [-0.4, -0.2) is 7.11 Å². The molecule has 102 valence electrons. The topological polar surface area (TPSA) is 42.2 Å². The van der Waals surface area contributed by atoms with Crippen LogP contribution >= 0.6 is 15.9 Å². The standard InChI is InChI=1S/C15H11BrFNO2/c1-19-14-4-2-3-13(16)15(14)20-9-11-7-12(17)6-5-10(11)8-18/h2-7H,9H2,1H3. The lowest BCUT2D eigenvalue weighted by atomic mass is 10.1. The number of ether oxygens (including phenoxy) is 2. The first-order chi connectivity index (χ1) is 9.65.